The molecule has 27 heavy (non-hydrogen) atoms. The van der Waals surface area contributed by atoms with Crippen LogP contribution in [0.15, 0.2) is 54.6 Å². The van der Waals surface area contributed by atoms with Gasteiger partial charge in [-0.25, -0.2) is 4.39 Å². The molecule has 3 aromatic rings. The summed E-state index contributed by atoms with van der Waals surface area (Å²) >= 11 is 0. The number of hydrogen-bond acceptors (Lipinski definition) is 2. The molecule has 1 N–H and O–H groups in total. The lowest BCUT2D eigenvalue weighted by atomic mass is 10.1. The third kappa shape index (κ3) is 3.21. The molecule has 4 rings (SSSR count). The highest BCUT2D eigenvalue weighted by molar-refractivity contribution is 5.96. The van der Waals surface area contributed by atoms with Crippen molar-refractivity contribution in [1.29, 1.82) is 0 Å². The van der Waals surface area contributed by atoms with E-state index in [0.29, 0.717) is 23.5 Å². The lowest BCUT2D eigenvalue weighted by Gasteiger charge is -2.13. The molecule has 0 saturated carbocycles. The minimum absolute atomic E-state index is 0.0681. The van der Waals surface area contributed by atoms with Gasteiger partial charge in [-0.1, -0.05) is 30.3 Å². The Morgan fingerprint density at radius 1 is 1.19 bits per heavy atom. The molecule has 0 aliphatic carbocycles. The number of rotatable bonds is 4. The predicted molar refractivity (Wildman–Crippen MR) is 102 cm³/mol. The number of hydrogen-bond donors (Lipinski definition) is 1. The Morgan fingerprint density at radius 2 is 1.93 bits per heavy atom. The van der Waals surface area contributed by atoms with Crippen molar-refractivity contribution in [3.05, 3.63) is 82.9 Å². The largest absolute Gasteiger partial charge is 0.488 e. The van der Waals surface area contributed by atoms with Crippen molar-refractivity contribution in [3.63, 3.8) is 0 Å². The van der Waals surface area contributed by atoms with Crippen molar-refractivity contribution < 1.29 is 13.9 Å². The fourth-order valence-corrected chi connectivity index (χ4v) is 3.67. The van der Waals surface area contributed by atoms with Gasteiger partial charge >= 0.3 is 0 Å². The summed E-state index contributed by atoms with van der Waals surface area (Å²) in [6.07, 6.45) is 0.714. The SMILES string of the molecule is Cc1cc(C(=O)NC[C@H]2Cc3ccccc3O2)c(C)n1-c1ccccc1F. The highest BCUT2D eigenvalue weighted by Gasteiger charge is 2.24. The smallest absolute Gasteiger partial charge is 0.253 e. The molecule has 2 heterocycles. The highest BCUT2D eigenvalue weighted by Crippen LogP contribution is 2.28. The van der Waals surface area contributed by atoms with E-state index >= 15 is 0 Å². The van der Waals surface area contributed by atoms with Gasteiger partial charge in [0.1, 0.15) is 17.7 Å². The Hall–Kier alpha value is -3.08. The molecular formula is C22H21FN2O2. The Balaban J connectivity index is 1.49. The standard InChI is InChI=1S/C22H21FN2O2/c1-14-11-18(15(2)25(14)20-9-5-4-8-19(20)23)22(26)24-13-17-12-16-7-3-6-10-21(16)27-17/h3-11,17H,12-13H2,1-2H3,(H,24,26)/t17-/m1/s1. The van der Waals surface area contributed by atoms with Gasteiger partial charge < -0.3 is 14.6 Å². The third-order valence-corrected chi connectivity index (χ3v) is 4.97. The van der Waals surface area contributed by atoms with Gasteiger partial charge in [-0.3, -0.25) is 4.79 Å². The molecule has 138 valence electrons. The van der Waals surface area contributed by atoms with Crippen LogP contribution in [0.2, 0.25) is 0 Å². The summed E-state index contributed by atoms with van der Waals surface area (Å²) in [5.41, 5.74) is 3.68. The molecule has 0 spiro atoms. The van der Waals surface area contributed by atoms with Gasteiger partial charge in [0.05, 0.1) is 17.8 Å². The maximum atomic E-state index is 14.2. The first kappa shape index (κ1) is 17.3. The number of amides is 1. The molecule has 1 atom stereocenters. The first-order valence-electron chi connectivity index (χ1n) is 9.01. The van der Waals surface area contributed by atoms with E-state index in [-0.39, 0.29) is 17.8 Å². The summed E-state index contributed by atoms with van der Waals surface area (Å²) < 4.78 is 21.8. The van der Waals surface area contributed by atoms with E-state index in [4.69, 9.17) is 4.74 Å². The Kier molecular flexibility index (Phi) is 4.44. The molecule has 5 heteroatoms. The summed E-state index contributed by atoms with van der Waals surface area (Å²) in [6, 6.07) is 16.3. The molecular weight excluding hydrogens is 343 g/mol. The minimum Gasteiger partial charge on any atom is -0.488 e. The first-order chi connectivity index (χ1) is 13.0. The zero-order chi connectivity index (χ0) is 19.0. The average molecular weight is 364 g/mol. The van der Waals surface area contributed by atoms with Crippen LogP contribution >= 0.6 is 0 Å². The van der Waals surface area contributed by atoms with Crippen LogP contribution in [0.4, 0.5) is 4.39 Å². The molecule has 0 unspecified atom stereocenters. The zero-order valence-electron chi connectivity index (χ0n) is 15.3. The second-order valence-electron chi connectivity index (χ2n) is 6.83. The normalized spacial score (nSPS) is 15.3. The topological polar surface area (TPSA) is 43.3 Å². The average Bonchev–Trinajstić information content (AvgIpc) is 3.21. The summed E-state index contributed by atoms with van der Waals surface area (Å²) in [6.45, 7) is 4.13. The van der Waals surface area contributed by atoms with Gasteiger partial charge in [-0.2, -0.15) is 0 Å². The molecule has 2 aromatic carbocycles. The predicted octanol–water partition coefficient (Wildman–Crippen LogP) is 3.97. The number of fused-ring (bicyclic) bond motifs is 1. The van der Waals surface area contributed by atoms with Crippen LogP contribution in [-0.2, 0) is 6.42 Å². The number of ether oxygens (including phenoxy) is 1. The molecule has 0 bridgehead atoms. The monoisotopic (exact) mass is 364 g/mol. The molecule has 0 radical (unpaired) electrons. The van der Waals surface area contributed by atoms with E-state index in [0.717, 1.165) is 23.4 Å². The lowest BCUT2D eigenvalue weighted by molar-refractivity contribution is 0.0933. The maximum Gasteiger partial charge on any atom is 0.253 e. The maximum absolute atomic E-state index is 14.2. The zero-order valence-corrected chi connectivity index (χ0v) is 15.3. The van der Waals surface area contributed by atoms with Gasteiger partial charge in [-0.05, 0) is 43.7 Å². The summed E-state index contributed by atoms with van der Waals surface area (Å²) in [5.74, 6) is 0.392. The second-order valence-corrected chi connectivity index (χ2v) is 6.83. The molecule has 1 amide bonds. The Bertz CT molecular complexity index is 984. The van der Waals surface area contributed by atoms with Crippen LogP contribution in [0.25, 0.3) is 5.69 Å². The number of aryl methyl sites for hydroxylation is 1. The quantitative estimate of drug-likeness (QED) is 0.761. The summed E-state index contributed by atoms with van der Waals surface area (Å²) in [5, 5.41) is 2.95. The molecule has 1 aliphatic heterocycles. The van der Waals surface area contributed by atoms with Crippen LogP contribution in [0.3, 0.4) is 0 Å². The highest BCUT2D eigenvalue weighted by atomic mass is 19.1. The van der Waals surface area contributed by atoms with Gasteiger partial charge in [0.2, 0.25) is 0 Å². The molecule has 4 nitrogen and oxygen atoms in total. The van der Waals surface area contributed by atoms with Crippen molar-refractivity contribution >= 4 is 5.91 Å². The second kappa shape index (κ2) is 6.91. The van der Waals surface area contributed by atoms with Crippen LogP contribution in [0.5, 0.6) is 5.75 Å². The van der Waals surface area contributed by atoms with Crippen LogP contribution < -0.4 is 10.1 Å². The number of aromatic nitrogens is 1. The van der Waals surface area contributed by atoms with Crippen LogP contribution in [0, 0.1) is 19.7 Å². The van der Waals surface area contributed by atoms with E-state index in [2.05, 4.69) is 5.32 Å². The Labute approximate surface area is 157 Å². The van der Waals surface area contributed by atoms with Crippen molar-refractivity contribution in [3.8, 4) is 11.4 Å². The van der Waals surface area contributed by atoms with E-state index in [1.165, 1.54) is 6.07 Å². The number of halogens is 1. The number of nitrogens with one attached hydrogen (secondary N) is 1. The van der Waals surface area contributed by atoms with E-state index in [9.17, 15) is 9.18 Å². The fourth-order valence-electron chi connectivity index (χ4n) is 3.67. The van der Waals surface area contributed by atoms with E-state index < -0.39 is 0 Å². The number of nitrogens with zero attached hydrogens (tertiary/aromatic N) is 1. The molecule has 0 saturated heterocycles. The van der Waals surface area contributed by atoms with Crippen molar-refractivity contribution in [2.45, 2.75) is 26.4 Å². The van der Waals surface area contributed by atoms with Crippen molar-refractivity contribution in [1.82, 2.24) is 9.88 Å². The van der Waals surface area contributed by atoms with Gasteiger partial charge in [0.15, 0.2) is 0 Å². The van der Waals surface area contributed by atoms with Crippen LogP contribution in [0.1, 0.15) is 27.3 Å². The molecule has 1 aromatic heterocycles. The van der Waals surface area contributed by atoms with Crippen molar-refractivity contribution in [2.75, 3.05) is 6.54 Å². The number of carbonyl (C=O) groups is 1. The van der Waals surface area contributed by atoms with Gasteiger partial charge in [0.25, 0.3) is 5.91 Å². The summed E-state index contributed by atoms with van der Waals surface area (Å²) in [4.78, 5) is 12.7. The number of benzene rings is 2. The van der Waals surface area contributed by atoms with Crippen molar-refractivity contribution in [2.24, 2.45) is 0 Å². The fraction of sp³-hybridized carbons (Fsp3) is 0.227. The molecule has 1 aliphatic rings. The third-order valence-electron chi connectivity index (χ3n) is 4.97. The lowest BCUT2D eigenvalue weighted by Crippen LogP contribution is -2.34. The number of para-hydroxylation sites is 2. The van der Waals surface area contributed by atoms with Gasteiger partial charge in [-0.15, -0.1) is 0 Å². The summed E-state index contributed by atoms with van der Waals surface area (Å²) in [7, 11) is 0. The number of carbonyl (C=O) groups excluding carboxylic acids is 1. The van der Waals surface area contributed by atoms with Crippen LogP contribution in [-0.4, -0.2) is 23.1 Å². The minimum atomic E-state index is -0.316. The van der Waals surface area contributed by atoms with E-state index in [1.807, 2.05) is 38.1 Å². The van der Waals surface area contributed by atoms with E-state index in [1.54, 1.807) is 28.8 Å². The Morgan fingerprint density at radius 3 is 2.70 bits per heavy atom. The first-order valence-corrected chi connectivity index (χ1v) is 9.01. The molecule has 0 fully saturated rings. The van der Waals surface area contributed by atoms with Gasteiger partial charge in [0, 0.05) is 17.8 Å².